The summed E-state index contributed by atoms with van der Waals surface area (Å²) in [5.74, 6) is 1.13. The number of rotatable bonds is 10. The molecule has 1 aromatic heterocycles. The summed E-state index contributed by atoms with van der Waals surface area (Å²) in [6, 6.07) is 4.53. The highest BCUT2D eigenvalue weighted by Crippen LogP contribution is 2.23. The van der Waals surface area contributed by atoms with E-state index in [0.29, 0.717) is 6.04 Å². The lowest BCUT2D eigenvalue weighted by Gasteiger charge is -2.27. The average molecular weight is 292 g/mol. The van der Waals surface area contributed by atoms with Crippen LogP contribution in [0.3, 0.4) is 0 Å². The Kier molecular flexibility index (Phi) is 8.31. The quantitative estimate of drug-likeness (QED) is 0.718. The van der Waals surface area contributed by atoms with Crippen LogP contribution in [0.5, 0.6) is 0 Å². The van der Waals surface area contributed by atoms with Gasteiger partial charge in [-0.3, -0.25) is 0 Å². The summed E-state index contributed by atoms with van der Waals surface area (Å²) in [6.45, 7) is 14.3. The molecule has 0 saturated carbocycles. The second-order valence-electron chi connectivity index (χ2n) is 5.39. The van der Waals surface area contributed by atoms with E-state index in [9.17, 15) is 0 Å². The molecule has 0 aliphatic rings. The average Bonchev–Trinajstić information content (AvgIpc) is 2.54. The van der Waals surface area contributed by atoms with Crippen molar-refractivity contribution >= 4 is 5.82 Å². The fraction of sp³-hybridized carbons (Fsp3) is 0.706. The predicted molar refractivity (Wildman–Crippen MR) is 92.0 cm³/mol. The molecule has 4 heteroatoms. The summed E-state index contributed by atoms with van der Waals surface area (Å²) in [5.41, 5.74) is 1.28. The summed E-state index contributed by atoms with van der Waals surface area (Å²) >= 11 is 0. The molecule has 1 heterocycles. The Hall–Kier alpha value is -1.13. The standard InChI is InChI=1S/C17H32N4/c1-6-20(7-2)13-10-14-21(8-3)17-16(15(4)18-5)11-9-12-19-17/h9,11-12,15,18H,6-8,10,13-14H2,1-5H3. The van der Waals surface area contributed by atoms with Crippen LogP contribution >= 0.6 is 0 Å². The van der Waals surface area contributed by atoms with Crippen molar-refractivity contribution in [3.8, 4) is 0 Å². The van der Waals surface area contributed by atoms with E-state index in [1.807, 2.05) is 19.3 Å². The third kappa shape index (κ3) is 5.29. The molecule has 0 bridgehead atoms. The summed E-state index contributed by atoms with van der Waals surface area (Å²) in [7, 11) is 2.00. The van der Waals surface area contributed by atoms with Gasteiger partial charge in [-0.1, -0.05) is 19.9 Å². The fourth-order valence-corrected chi connectivity index (χ4v) is 2.61. The topological polar surface area (TPSA) is 31.4 Å². The van der Waals surface area contributed by atoms with Gasteiger partial charge in [0.15, 0.2) is 0 Å². The zero-order valence-electron chi connectivity index (χ0n) is 14.4. The van der Waals surface area contributed by atoms with Gasteiger partial charge in [0.1, 0.15) is 5.82 Å². The minimum Gasteiger partial charge on any atom is -0.357 e. The molecule has 0 aliphatic heterocycles. The van der Waals surface area contributed by atoms with Crippen LogP contribution in [0.2, 0.25) is 0 Å². The Morgan fingerprint density at radius 1 is 1.14 bits per heavy atom. The Bertz CT molecular complexity index is 390. The van der Waals surface area contributed by atoms with Crippen molar-refractivity contribution < 1.29 is 0 Å². The van der Waals surface area contributed by atoms with Crippen LogP contribution in [-0.4, -0.2) is 49.7 Å². The van der Waals surface area contributed by atoms with Crippen LogP contribution in [0.15, 0.2) is 18.3 Å². The zero-order valence-corrected chi connectivity index (χ0v) is 14.4. The first-order valence-electron chi connectivity index (χ1n) is 8.27. The Labute approximate surface area is 130 Å². The lowest BCUT2D eigenvalue weighted by atomic mass is 10.1. The molecule has 0 aliphatic carbocycles. The third-order valence-corrected chi connectivity index (χ3v) is 4.19. The van der Waals surface area contributed by atoms with Crippen LogP contribution in [-0.2, 0) is 0 Å². The molecule has 1 atom stereocenters. The highest BCUT2D eigenvalue weighted by Gasteiger charge is 2.14. The van der Waals surface area contributed by atoms with Gasteiger partial charge in [0.05, 0.1) is 0 Å². The van der Waals surface area contributed by atoms with Crippen molar-refractivity contribution in [3.05, 3.63) is 23.9 Å². The minimum absolute atomic E-state index is 0.325. The molecule has 0 spiro atoms. The van der Waals surface area contributed by atoms with E-state index < -0.39 is 0 Å². The van der Waals surface area contributed by atoms with Crippen molar-refractivity contribution in [2.75, 3.05) is 44.7 Å². The van der Waals surface area contributed by atoms with Gasteiger partial charge in [-0.05, 0) is 53.0 Å². The van der Waals surface area contributed by atoms with Crippen molar-refractivity contribution in [2.24, 2.45) is 0 Å². The highest BCUT2D eigenvalue weighted by molar-refractivity contribution is 5.48. The maximum Gasteiger partial charge on any atom is 0.133 e. The Morgan fingerprint density at radius 3 is 2.43 bits per heavy atom. The molecule has 0 saturated heterocycles. The molecular formula is C17H32N4. The van der Waals surface area contributed by atoms with E-state index in [4.69, 9.17) is 0 Å². The smallest absolute Gasteiger partial charge is 0.133 e. The third-order valence-electron chi connectivity index (χ3n) is 4.19. The second-order valence-corrected chi connectivity index (χ2v) is 5.39. The Balaban J connectivity index is 2.72. The fourth-order valence-electron chi connectivity index (χ4n) is 2.61. The molecule has 4 nitrogen and oxygen atoms in total. The molecule has 1 rings (SSSR count). The van der Waals surface area contributed by atoms with Crippen LogP contribution in [0.4, 0.5) is 5.82 Å². The summed E-state index contributed by atoms with van der Waals surface area (Å²) in [6.07, 6.45) is 3.08. The van der Waals surface area contributed by atoms with Crippen LogP contribution in [0.25, 0.3) is 0 Å². The van der Waals surface area contributed by atoms with E-state index in [1.165, 1.54) is 12.0 Å². The monoisotopic (exact) mass is 292 g/mol. The normalized spacial score (nSPS) is 12.7. The van der Waals surface area contributed by atoms with Gasteiger partial charge in [0, 0.05) is 30.9 Å². The number of hydrogen-bond donors (Lipinski definition) is 1. The van der Waals surface area contributed by atoms with E-state index in [0.717, 1.165) is 38.5 Å². The number of pyridine rings is 1. The number of aromatic nitrogens is 1. The van der Waals surface area contributed by atoms with Gasteiger partial charge < -0.3 is 15.1 Å². The molecular weight excluding hydrogens is 260 g/mol. The van der Waals surface area contributed by atoms with Crippen molar-refractivity contribution in [1.82, 2.24) is 15.2 Å². The van der Waals surface area contributed by atoms with Crippen LogP contribution in [0, 0.1) is 0 Å². The van der Waals surface area contributed by atoms with Crippen LogP contribution < -0.4 is 10.2 Å². The maximum atomic E-state index is 4.63. The van der Waals surface area contributed by atoms with Gasteiger partial charge in [0.2, 0.25) is 0 Å². The summed E-state index contributed by atoms with van der Waals surface area (Å²) < 4.78 is 0. The number of hydrogen-bond acceptors (Lipinski definition) is 4. The van der Waals surface area contributed by atoms with Crippen molar-refractivity contribution in [3.63, 3.8) is 0 Å². The van der Waals surface area contributed by atoms with Gasteiger partial charge in [-0.2, -0.15) is 0 Å². The summed E-state index contributed by atoms with van der Waals surface area (Å²) in [4.78, 5) is 9.50. The first kappa shape index (κ1) is 17.9. The van der Waals surface area contributed by atoms with Crippen LogP contribution in [0.1, 0.15) is 45.7 Å². The molecule has 21 heavy (non-hydrogen) atoms. The largest absolute Gasteiger partial charge is 0.357 e. The van der Waals surface area contributed by atoms with E-state index in [-0.39, 0.29) is 0 Å². The molecule has 1 N–H and O–H groups in total. The molecule has 0 radical (unpaired) electrons. The first-order valence-corrected chi connectivity index (χ1v) is 8.27. The van der Waals surface area contributed by atoms with Gasteiger partial charge >= 0.3 is 0 Å². The van der Waals surface area contributed by atoms with E-state index in [1.54, 1.807) is 0 Å². The van der Waals surface area contributed by atoms with Gasteiger partial charge in [-0.25, -0.2) is 4.98 Å². The summed E-state index contributed by atoms with van der Waals surface area (Å²) in [5, 5.41) is 3.32. The maximum absolute atomic E-state index is 4.63. The number of nitrogens with one attached hydrogen (secondary N) is 1. The van der Waals surface area contributed by atoms with Gasteiger partial charge in [0.25, 0.3) is 0 Å². The van der Waals surface area contributed by atoms with Crippen molar-refractivity contribution in [2.45, 2.75) is 40.2 Å². The van der Waals surface area contributed by atoms with Crippen molar-refractivity contribution in [1.29, 1.82) is 0 Å². The molecule has 1 aromatic rings. The lowest BCUT2D eigenvalue weighted by molar-refractivity contribution is 0.300. The molecule has 0 amide bonds. The SMILES string of the molecule is CCN(CC)CCCN(CC)c1ncccc1C(C)NC. The van der Waals surface area contributed by atoms with Gasteiger partial charge in [-0.15, -0.1) is 0 Å². The van der Waals surface area contributed by atoms with E-state index >= 15 is 0 Å². The number of nitrogens with zero attached hydrogens (tertiary/aromatic N) is 3. The highest BCUT2D eigenvalue weighted by atomic mass is 15.2. The Morgan fingerprint density at radius 2 is 1.86 bits per heavy atom. The predicted octanol–water partition coefficient (Wildman–Crippen LogP) is 2.92. The second kappa shape index (κ2) is 9.74. The zero-order chi connectivity index (χ0) is 15.7. The van der Waals surface area contributed by atoms with E-state index in [2.05, 4.69) is 53.9 Å². The molecule has 120 valence electrons. The molecule has 0 aromatic carbocycles. The first-order chi connectivity index (χ1) is 10.2. The molecule has 0 fully saturated rings. The number of anilines is 1. The lowest BCUT2D eigenvalue weighted by Crippen LogP contribution is -2.31. The minimum atomic E-state index is 0.325. The molecule has 1 unspecified atom stereocenters.